The maximum atomic E-state index is 11.0. The summed E-state index contributed by atoms with van der Waals surface area (Å²) in [4.78, 5) is 21.3. The van der Waals surface area contributed by atoms with Gasteiger partial charge in [0.05, 0.1) is 22.9 Å². The molecule has 0 saturated heterocycles. The Morgan fingerprint density at radius 1 is 1.48 bits per heavy atom. The van der Waals surface area contributed by atoms with Gasteiger partial charge >= 0.3 is 11.7 Å². The van der Waals surface area contributed by atoms with Gasteiger partial charge in [-0.15, -0.1) is 0 Å². The first-order valence-electron chi connectivity index (χ1n) is 6.12. The van der Waals surface area contributed by atoms with E-state index in [0.29, 0.717) is 5.75 Å². The molecule has 8 heteroatoms. The lowest BCUT2D eigenvalue weighted by molar-refractivity contribution is -0.385. The smallest absolute Gasteiger partial charge is 0.335 e. The van der Waals surface area contributed by atoms with E-state index in [1.165, 1.54) is 6.20 Å². The molecule has 0 aliphatic heterocycles. The van der Waals surface area contributed by atoms with Crippen molar-refractivity contribution in [3.63, 3.8) is 0 Å². The number of benzene rings is 1. The minimum absolute atomic E-state index is 0.0909. The molecule has 1 aromatic carbocycles. The Morgan fingerprint density at radius 2 is 2.19 bits per heavy atom. The highest BCUT2D eigenvalue weighted by Crippen LogP contribution is 2.32. The number of nitrogens with zero attached hydrogens (tertiary/aromatic N) is 3. The van der Waals surface area contributed by atoms with Gasteiger partial charge in [-0.2, -0.15) is 5.10 Å². The lowest BCUT2D eigenvalue weighted by Crippen LogP contribution is -2.00. The first kappa shape index (κ1) is 14.5. The molecule has 1 N–H and O–H groups in total. The quantitative estimate of drug-likeness (QED) is 0.670. The lowest BCUT2D eigenvalue weighted by atomic mass is 10.2. The molecule has 8 nitrogen and oxygen atoms in total. The minimum atomic E-state index is -1.19. The molecule has 110 valence electrons. The molecule has 0 aliphatic carbocycles. The normalized spacial score (nSPS) is 10.6. The van der Waals surface area contributed by atoms with Crippen LogP contribution >= 0.6 is 0 Å². The van der Waals surface area contributed by atoms with E-state index in [0.717, 1.165) is 18.2 Å². The first-order valence-corrected chi connectivity index (χ1v) is 6.12. The molecule has 21 heavy (non-hydrogen) atoms. The fourth-order valence-corrected chi connectivity index (χ4v) is 1.66. The molecule has 2 aromatic rings. The van der Waals surface area contributed by atoms with Crippen LogP contribution in [0.1, 0.15) is 30.2 Å². The highest BCUT2D eigenvalue weighted by atomic mass is 16.6. The van der Waals surface area contributed by atoms with Gasteiger partial charge in [0.2, 0.25) is 5.75 Å². The summed E-state index contributed by atoms with van der Waals surface area (Å²) < 4.78 is 7.03. The van der Waals surface area contributed by atoms with Gasteiger partial charge in [0.25, 0.3) is 0 Å². The van der Waals surface area contributed by atoms with Crippen molar-refractivity contribution >= 4 is 11.7 Å². The van der Waals surface area contributed by atoms with Gasteiger partial charge in [-0.05, 0) is 19.9 Å². The van der Waals surface area contributed by atoms with Crippen molar-refractivity contribution in [3.05, 3.63) is 46.3 Å². The molecule has 0 amide bonds. The van der Waals surface area contributed by atoms with Crippen molar-refractivity contribution in [2.24, 2.45) is 0 Å². The van der Waals surface area contributed by atoms with Crippen LogP contribution in [0.3, 0.4) is 0 Å². The van der Waals surface area contributed by atoms with Crippen molar-refractivity contribution in [2.45, 2.75) is 19.9 Å². The van der Waals surface area contributed by atoms with Gasteiger partial charge in [0.1, 0.15) is 0 Å². The third-order valence-corrected chi connectivity index (χ3v) is 2.74. The zero-order valence-corrected chi connectivity index (χ0v) is 11.4. The van der Waals surface area contributed by atoms with Crippen LogP contribution in [0.2, 0.25) is 0 Å². The van der Waals surface area contributed by atoms with E-state index in [4.69, 9.17) is 9.84 Å². The van der Waals surface area contributed by atoms with Crippen molar-refractivity contribution in [1.29, 1.82) is 0 Å². The minimum Gasteiger partial charge on any atom is -0.478 e. The highest BCUT2D eigenvalue weighted by Gasteiger charge is 2.19. The number of nitro benzene ring substituents is 1. The molecule has 0 fully saturated rings. The van der Waals surface area contributed by atoms with E-state index in [1.54, 1.807) is 10.9 Å². The molecular formula is C13H13N3O5. The Labute approximate surface area is 119 Å². The summed E-state index contributed by atoms with van der Waals surface area (Å²) in [5.74, 6) is -1.02. The second-order valence-electron chi connectivity index (χ2n) is 4.60. The summed E-state index contributed by atoms with van der Waals surface area (Å²) in [6.07, 6.45) is 3.00. The summed E-state index contributed by atoms with van der Waals surface area (Å²) >= 11 is 0. The second kappa shape index (κ2) is 5.61. The second-order valence-corrected chi connectivity index (χ2v) is 4.60. The number of carbonyl (C=O) groups is 1. The number of aromatic carboxylic acids is 1. The van der Waals surface area contributed by atoms with E-state index >= 15 is 0 Å². The third kappa shape index (κ3) is 3.16. The number of carboxylic acid groups (broad SMARTS) is 1. The monoisotopic (exact) mass is 291 g/mol. The van der Waals surface area contributed by atoms with E-state index in [-0.39, 0.29) is 23.0 Å². The zero-order chi connectivity index (χ0) is 15.6. The molecule has 1 aromatic heterocycles. The fraction of sp³-hybridized carbons (Fsp3) is 0.231. The first-order chi connectivity index (χ1) is 9.88. The predicted molar refractivity (Wildman–Crippen MR) is 72.7 cm³/mol. The number of aromatic nitrogens is 2. The molecule has 0 saturated carbocycles. The van der Waals surface area contributed by atoms with Gasteiger partial charge in [0.15, 0.2) is 5.75 Å². The van der Waals surface area contributed by atoms with Crippen molar-refractivity contribution in [2.75, 3.05) is 0 Å². The Bertz CT molecular complexity index is 693. The van der Waals surface area contributed by atoms with E-state index in [9.17, 15) is 14.9 Å². The molecule has 0 radical (unpaired) electrons. The van der Waals surface area contributed by atoms with E-state index < -0.39 is 10.9 Å². The standard InChI is InChI=1S/C13H13N3O5/c1-8(2)15-7-10(6-14-15)21-12-5-9(13(17)18)3-4-11(12)16(19)20/h3-8H,1-2H3,(H,17,18). The zero-order valence-electron chi connectivity index (χ0n) is 11.4. The summed E-state index contributed by atoms with van der Waals surface area (Å²) in [6.45, 7) is 3.84. The number of nitro groups is 1. The van der Waals surface area contributed by atoms with Gasteiger partial charge in [-0.1, -0.05) is 0 Å². The van der Waals surface area contributed by atoms with Crippen molar-refractivity contribution in [1.82, 2.24) is 9.78 Å². The number of hydrogen-bond donors (Lipinski definition) is 1. The van der Waals surface area contributed by atoms with Gasteiger partial charge in [-0.25, -0.2) is 4.79 Å². The molecule has 1 heterocycles. The molecule has 0 atom stereocenters. The SMILES string of the molecule is CC(C)n1cc(Oc2cc(C(=O)O)ccc2[N+](=O)[O-])cn1. The Kier molecular flexibility index (Phi) is 3.88. The fourth-order valence-electron chi connectivity index (χ4n) is 1.66. The van der Waals surface area contributed by atoms with Crippen LogP contribution in [-0.4, -0.2) is 25.8 Å². The van der Waals surface area contributed by atoms with E-state index in [2.05, 4.69) is 5.10 Å². The van der Waals surface area contributed by atoms with Crippen LogP contribution < -0.4 is 4.74 Å². The highest BCUT2D eigenvalue weighted by molar-refractivity contribution is 5.88. The van der Waals surface area contributed by atoms with Crippen molar-refractivity contribution in [3.8, 4) is 11.5 Å². The number of carboxylic acids is 1. The summed E-state index contributed by atoms with van der Waals surface area (Å²) in [6, 6.07) is 3.49. The largest absolute Gasteiger partial charge is 0.478 e. The van der Waals surface area contributed by atoms with Gasteiger partial charge in [0, 0.05) is 18.2 Å². The van der Waals surface area contributed by atoms with Crippen LogP contribution in [0.25, 0.3) is 0 Å². The van der Waals surface area contributed by atoms with Crippen molar-refractivity contribution < 1.29 is 19.6 Å². The summed E-state index contributed by atoms with van der Waals surface area (Å²) in [5.41, 5.74) is -0.399. The average molecular weight is 291 g/mol. The van der Waals surface area contributed by atoms with Gasteiger partial charge < -0.3 is 9.84 Å². The average Bonchev–Trinajstić information content (AvgIpc) is 2.87. The van der Waals surface area contributed by atoms with Crippen LogP contribution in [0, 0.1) is 10.1 Å². The predicted octanol–water partition coefficient (Wildman–Crippen LogP) is 2.86. The van der Waals surface area contributed by atoms with Gasteiger partial charge in [-0.3, -0.25) is 14.8 Å². The van der Waals surface area contributed by atoms with Crippen LogP contribution in [0.15, 0.2) is 30.6 Å². The number of ether oxygens (including phenoxy) is 1. The van der Waals surface area contributed by atoms with Crippen LogP contribution in [0.4, 0.5) is 5.69 Å². The topological polar surface area (TPSA) is 107 Å². The maximum absolute atomic E-state index is 11.0. The molecular weight excluding hydrogens is 278 g/mol. The Morgan fingerprint density at radius 3 is 2.71 bits per heavy atom. The van der Waals surface area contributed by atoms with Crippen LogP contribution in [-0.2, 0) is 0 Å². The summed E-state index contributed by atoms with van der Waals surface area (Å²) in [7, 11) is 0. The molecule has 0 unspecified atom stereocenters. The maximum Gasteiger partial charge on any atom is 0.335 e. The molecule has 0 aliphatic rings. The third-order valence-electron chi connectivity index (χ3n) is 2.74. The van der Waals surface area contributed by atoms with E-state index in [1.807, 2.05) is 13.8 Å². The Balaban J connectivity index is 2.38. The number of hydrogen-bond acceptors (Lipinski definition) is 5. The number of rotatable bonds is 5. The lowest BCUT2D eigenvalue weighted by Gasteiger charge is -2.06. The molecule has 2 rings (SSSR count). The Hall–Kier alpha value is -2.90. The molecule has 0 spiro atoms. The van der Waals surface area contributed by atoms with Crippen LogP contribution in [0.5, 0.6) is 11.5 Å². The molecule has 0 bridgehead atoms. The summed E-state index contributed by atoms with van der Waals surface area (Å²) in [5, 5.41) is 24.0.